The quantitative estimate of drug-likeness (QED) is 0.206. The molecular weight excluding hydrogens is 735 g/mol. The van der Waals surface area contributed by atoms with E-state index in [9.17, 15) is 0 Å². The first-order valence-corrected chi connectivity index (χ1v) is 29.7. The number of benzene rings is 3. The standard InChI is InChI=1S/C39H57Si4.3ClH.Ti/c1-26-23-33(17-20-36(26)40(8,9)10)43(39-31(6)29(4)30(5)32(39)7,34-18-21-37(27(2)24-34)41(11,12)13)35-19-22-38(28(3)25-35)42(14,15)16;;;;/h17-25H,1-16H3;3*1H;/q;;;;+3/p-3. The third-order valence-electron chi connectivity index (χ3n) is 10.8. The van der Waals surface area contributed by atoms with Crippen LogP contribution in [-0.4, -0.2) is 32.3 Å². The van der Waals surface area contributed by atoms with E-state index >= 15 is 0 Å². The molecule has 0 saturated heterocycles. The van der Waals surface area contributed by atoms with E-state index in [1.807, 2.05) is 0 Å². The van der Waals surface area contributed by atoms with Gasteiger partial charge in [-0.25, -0.2) is 0 Å². The number of allylic oxidation sites excluding steroid dienone is 4. The van der Waals surface area contributed by atoms with E-state index in [1.165, 1.54) is 27.8 Å². The first-order valence-electron chi connectivity index (χ1n) is 16.5. The third kappa shape index (κ3) is 7.48. The summed E-state index contributed by atoms with van der Waals surface area (Å²) < 4.78 is -0.0888. The van der Waals surface area contributed by atoms with Crippen molar-refractivity contribution in [3.05, 3.63) is 93.6 Å². The van der Waals surface area contributed by atoms with Crippen LogP contribution >= 0.6 is 0 Å². The van der Waals surface area contributed by atoms with Crippen molar-refractivity contribution < 1.29 is 57.7 Å². The maximum Gasteiger partial charge on any atom is -1.00 e. The molecule has 0 radical (unpaired) electrons. The van der Waals surface area contributed by atoms with E-state index < -0.39 is 32.3 Å². The SMILES string of the molecule is CC1=C(C)[C]([Ti+3])([Si](c2ccc([Si](C)(C)C)c(C)c2)(c2ccc([Si](C)(C)C)c(C)c2)c2ccc([Si](C)(C)C)c(C)c2)C(C)=C1C.[Cl-].[Cl-].[Cl-]. The average Bonchev–Trinajstić information content (AvgIpc) is 3.03. The maximum atomic E-state index is 2.64. The number of hydrogen-bond donors (Lipinski definition) is 0. The summed E-state index contributed by atoms with van der Waals surface area (Å²) in [5.74, 6) is 0. The molecule has 0 aromatic heterocycles. The second-order valence-corrected chi connectivity index (χ2v) is 37.9. The normalized spacial score (nSPS) is 15.3. The van der Waals surface area contributed by atoms with Gasteiger partial charge in [-0.1, -0.05) is 0 Å². The van der Waals surface area contributed by atoms with Crippen LogP contribution in [-0.2, 0) is 20.4 Å². The molecule has 0 bridgehead atoms. The molecular formula is C39H57Cl3Si4Ti. The topological polar surface area (TPSA) is 0 Å². The van der Waals surface area contributed by atoms with Gasteiger partial charge in [-0.15, -0.1) is 0 Å². The Morgan fingerprint density at radius 1 is 0.426 bits per heavy atom. The van der Waals surface area contributed by atoms with E-state index in [-0.39, 0.29) is 40.6 Å². The summed E-state index contributed by atoms with van der Waals surface area (Å²) in [4.78, 5) is 0. The van der Waals surface area contributed by atoms with Crippen LogP contribution in [0.5, 0.6) is 0 Å². The van der Waals surface area contributed by atoms with Crippen molar-refractivity contribution in [1.82, 2.24) is 0 Å². The van der Waals surface area contributed by atoms with Crippen LogP contribution in [0.3, 0.4) is 0 Å². The van der Waals surface area contributed by atoms with Gasteiger partial charge >= 0.3 is 288 Å². The van der Waals surface area contributed by atoms with E-state index in [0.717, 1.165) is 0 Å². The second kappa shape index (κ2) is 15.1. The summed E-state index contributed by atoms with van der Waals surface area (Å²) in [5.41, 5.74) is 10.5. The first-order chi connectivity index (χ1) is 20.0. The predicted molar refractivity (Wildman–Crippen MR) is 207 cm³/mol. The van der Waals surface area contributed by atoms with Gasteiger partial charge in [0.15, 0.2) is 0 Å². The van der Waals surface area contributed by atoms with Gasteiger partial charge in [-0.3, -0.25) is 0 Å². The first kappa shape index (κ1) is 44.6. The van der Waals surface area contributed by atoms with Gasteiger partial charge in [0.25, 0.3) is 0 Å². The molecule has 8 heteroatoms. The Kier molecular flexibility index (Phi) is 14.3. The molecule has 254 valence electrons. The second-order valence-electron chi connectivity index (χ2n) is 16.8. The van der Waals surface area contributed by atoms with Crippen LogP contribution in [0.25, 0.3) is 0 Å². The van der Waals surface area contributed by atoms with E-state index in [4.69, 9.17) is 0 Å². The van der Waals surface area contributed by atoms with Gasteiger partial charge in [0.1, 0.15) is 0 Å². The van der Waals surface area contributed by atoms with Crippen molar-refractivity contribution >= 4 is 63.4 Å². The minimum atomic E-state index is -2.73. The summed E-state index contributed by atoms with van der Waals surface area (Å²) >= 11 is 2.62. The minimum Gasteiger partial charge on any atom is -1.00 e. The molecule has 0 heterocycles. The Morgan fingerprint density at radius 3 is 0.851 bits per heavy atom. The van der Waals surface area contributed by atoms with Gasteiger partial charge in [0.2, 0.25) is 0 Å². The van der Waals surface area contributed by atoms with Crippen LogP contribution in [0.2, 0.25) is 62.3 Å². The molecule has 4 rings (SSSR count). The molecule has 47 heavy (non-hydrogen) atoms. The van der Waals surface area contributed by atoms with Gasteiger partial charge in [-0.2, -0.15) is 0 Å². The summed E-state index contributed by atoms with van der Waals surface area (Å²) in [5, 5.41) is 9.43. The zero-order valence-corrected chi connectivity index (χ0v) is 39.7. The molecule has 0 spiro atoms. The minimum absolute atomic E-state index is 0. The Morgan fingerprint density at radius 2 is 0.660 bits per heavy atom. The molecule has 0 atom stereocenters. The monoisotopic (exact) mass is 790 g/mol. The van der Waals surface area contributed by atoms with Gasteiger partial charge in [0, 0.05) is 0 Å². The molecule has 0 nitrogen and oxygen atoms in total. The van der Waals surface area contributed by atoms with Crippen molar-refractivity contribution in [3.63, 3.8) is 0 Å². The summed E-state index contributed by atoms with van der Waals surface area (Å²) in [6.07, 6.45) is 0. The molecule has 0 amide bonds. The van der Waals surface area contributed by atoms with E-state index in [2.05, 4.69) is 182 Å². The fraction of sp³-hybridized carbons (Fsp3) is 0.436. The largest absolute Gasteiger partial charge is 1.00 e. The third-order valence-corrected chi connectivity index (χ3v) is 25.6. The van der Waals surface area contributed by atoms with E-state index in [1.54, 1.807) is 42.3 Å². The molecule has 0 aliphatic heterocycles. The zero-order chi connectivity index (χ0) is 33.4. The molecule has 3 aromatic rings. The van der Waals surface area contributed by atoms with Crippen molar-refractivity contribution in [2.45, 2.75) is 111 Å². The van der Waals surface area contributed by atoms with Crippen molar-refractivity contribution in [2.75, 3.05) is 0 Å². The molecule has 3 aromatic carbocycles. The van der Waals surface area contributed by atoms with Crippen LogP contribution in [0.15, 0.2) is 76.9 Å². The van der Waals surface area contributed by atoms with Crippen molar-refractivity contribution in [3.8, 4) is 0 Å². The molecule has 0 saturated carbocycles. The summed E-state index contributed by atoms with van der Waals surface area (Å²) in [6, 6.07) is 23.2. The summed E-state index contributed by atoms with van der Waals surface area (Å²) in [6.45, 7) is 39.2. The fourth-order valence-corrected chi connectivity index (χ4v) is 22.6. The number of halogens is 3. The van der Waals surface area contributed by atoms with Crippen LogP contribution in [0.4, 0.5) is 0 Å². The maximum absolute atomic E-state index is 2.73. The molecule has 0 unspecified atom stereocenters. The van der Waals surface area contributed by atoms with Crippen molar-refractivity contribution in [1.29, 1.82) is 0 Å². The number of hydrogen-bond acceptors (Lipinski definition) is 0. The fourth-order valence-electron chi connectivity index (χ4n) is 8.33. The smallest absolute Gasteiger partial charge is 1.00 e. The zero-order valence-electron chi connectivity index (χ0n) is 31.8. The van der Waals surface area contributed by atoms with Gasteiger partial charge in [0.05, 0.1) is 0 Å². The predicted octanol–water partition coefficient (Wildman–Crippen LogP) is -1.34. The average molecular weight is 792 g/mol. The van der Waals surface area contributed by atoms with Crippen LogP contribution < -0.4 is 68.3 Å². The Hall–Kier alpha value is -0.408. The molecule has 1 aliphatic carbocycles. The molecule has 0 N–H and O–H groups in total. The van der Waals surface area contributed by atoms with Crippen LogP contribution in [0.1, 0.15) is 44.4 Å². The van der Waals surface area contributed by atoms with Gasteiger partial charge < -0.3 is 37.2 Å². The van der Waals surface area contributed by atoms with Gasteiger partial charge in [-0.05, 0) is 0 Å². The Labute approximate surface area is 322 Å². The Bertz CT molecular complexity index is 1520. The number of aryl methyl sites for hydroxylation is 3. The number of rotatable bonds is 7. The van der Waals surface area contributed by atoms with E-state index in [0.29, 0.717) is 0 Å². The summed E-state index contributed by atoms with van der Waals surface area (Å²) in [7, 11) is -7.19. The Balaban J connectivity index is 0.00000368. The van der Waals surface area contributed by atoms with Crippen LogP contribution in [0, 0.1) is 20.8 Å². The molecule has 0 fully saturated rings. The van der Waals surface area contributed by atoms with Crippen molar-refractivity contribution in [2.24, 2.45) is 0 Å². The molecule has 1 aliphatic rings.